The second kappa shape index (κ2) is 6.95. The van der Waals surface area contributed by atoms with Crippen LogP contribution in [0.2, 0.25) is 0 Å². The molecule has 2 amide bonds. The van der Waals surface area contributed by atoms with Crippen molar-refractivity contribution in [3.8, 4) is 0 Å². The Morgan fingerprint density at radius 3 is 2.29 bits per heavy atom. The fourth-order valence-electron chi connectivity index (χ4n) is 3.05. The molecule has 1 aromatic heterocycles. The molecular weight excluding hydrogens is 371 g/mol. The molecule has 0 spiro atoms. The van der Waals surface area contributed by atoms with Crippen LogP contribution in [0, 0.1) is 29.3 Å². The predicted octanol–water partition coefficient (Wildman–Crippen LogP) is 3.87. The number of carbonyl (C=O) groups excluding carboxylic acids is 2. The number of halogens is 3. The highest BCUT2D eigenvalue weighted by Gasteiger charge is 2.48. The lowest BCUT2D eigenvalue weighted by Crippen LogP contribution is -2.21. The Hall–Kier alpha value is -3.42. The zero-order valence-corrected chi connectivity index (χ0v) is 14.4. The highest BCUT2D eigenvalue weighted by molar-refractivity contribution is 6.06. The SMILES string of the molecule is O=C(Nc1ccc(F)c(F)c1F)C1CC1C(=O)Nc1cccc2cccnc12. The van der Waals surface area contributed by atoms with Gasteiger partial charge in [0.2, 0.25) is 11.8 Å². The van der Waals surface area contributed by atoms with Crippen LogP contribution in [0.25, 0.3) is 10.9 Å². The third-order valence-corrected chi connectivity index (χ3v) is 4.65. The number of rotatable bonds is 4. The van der Waals surface area contributed by atoms with Crippen LogP contribution in [0.3, 0.4) is 0 Å². The summed E-state index contributed by atoms with van der Waals surface area (Å²) in [5.74, 6) is -6.72. The highest BCUT2D eigenvalue weighted by atomic mass is 19.2. The summed E-state index contributed by atoms with van der Waals surface area (Å²) in [5, 5.41) is 5.82. The molecule has 8 heteroatoms. The summed E-state index contributed by atoms with van der Waals surface area (Å²) in [6, 6.07) is 10.7. The molecule has 1 aliphatic rings. The molecule has 0 radical (unpaired) electrons. The van der Waals surface area contributed by atoms with Crippen LogP contribution in [0.1, 0.15) is 6.42 Å². The van der Waals surface area contributed by atoms with Crippen molar-refractivity contribution in [2.24, 2.45) is 11.8 Å². The minimum absolute atomic E-state index is 0.279. The second-order valence-corrected chi connectivity index (χ2v) is 6.53. The van der Waals surface area contributed by atoms with Crippen molar-refractivity contribution in [3.63, 3.8) is 0 Å². The summed E-state index contributed by atoms with van der Waals surface area (Å²) in [5.41, 5.74) is 0.692. The van der Waals surface area contributed by atoms with Gasteiger partial charge >= 0.3 is 0 Å². The normalized spacial score (nSPS) is 18.0. The average molecular weight is 385 g/mol. The zero-order chi connectivity index (χ0) is 19.8. The van der Waals surface area contributed by atoms with Crippen molar-refractivity contribution in [3.05, 3.63) is 66.1 Å². The van der Waals surface area contributed by atoms with E-state index in [1.165, 1.54) is 0 Å². The smallest absolute Gasteiger partial charge is 0.228 e. The van der Waals surface area contributed by atoms with Gasteiger partial charge in [-0.1, -0.05) is 18.2 Å². The maximum Gasteiger partial charge on any atom is 0.228 e. The van der Waals surface area contributed by atoms with Gasteiger partial charge < -0.3 is 10.6 Å². The van der Waals surface area contributed by atoms with E-state index >= 15 is 0 Å². The van der Waals surface area contributed by atoms with Crippen molar-refractivity contribution >= 4 is 34.1 Å². The van der Waals surface area contributed by atoms with E-state index in [0.29, 0.717) is 11.2 Å². The first kappa shape index (κ1) is 18.0. The van der Waals surface area contributed by atoms with Gasteiger partial charge in [-0.15, -0.1) is 0 Å². The molecule has 28 heavy (non-hydrogen) atoms. The Bertz CT molecular complexity index is 1100. The number of pyridine rings is 1. The minimum Gasteiger partial charge on any atom is -0.324 e. The number of carbonyl (C=O) groups is 2. The molecule has 1 aliphatic carbocycles. The molecule has 0 saturated heterocycles. The summed E-state index contributed by atoms with van der Waals surface area (Å²) in [4.78, 5) is 28.9. The number of hydrogen-bond acceptors (Lipinski definition) is 3. The van der Waals surface area contributed by atoms with Gasteiger partial charge in [0.15, 0.2) is 17.5 Å². The van der Waals surface area contributed by atoms with Gasteiger partial charge in [0.1, 0.15) is 0 Å². The first-order valence-electron chi connectivity index (χ1n) is 8.54. The van der Waals surface area contributed by atoms with Crippen LogP contribution in [0.4, 0.5) is 24.5 Å². The third kappa shape index (κ3) is 3.28. The summed E-state index contributed by atoms with van der Waals surface area (Å²) in [6.45, 7) is 0. The second-order valence-electron chi connectivity index (χ2n) is 6.53. The molecule has 1 fully saturated rings. The van der Waals surface area contributed by atoms with Crippen molar-refractivity contribution in [1.29, 1.82) is 0 Å². The molecule has 1 saturated carbocycles. The number of nitrogens with zero attached hydrogens (tertiary/aromatic N) is 1. The van der Waals surface area contributed by atoms with Gasteiger partial charge in [0, 0.05) is 11.6 Å². The molecule has 0 bridgehead atoms. The quantitative estimate of drug-likeness (QED) is 0.670. The fraction of sp³-hybridized carbons (Fsp3) is 0.150. The summed E-state index contributed by atoms with van der Waals surface area (Å²) in [6.07, 6.45) is 1.89. The molecule has 5 nitrogen and oxygen atoms in total. The minimum atomic E-state index is -1.66. The molecule has 2 N–H and O–H groups in total. The van der Waals surface area contributed by atoms with Gasteiger partial charge in [-0.3, -0.25) is 14.6 Å². The van der Waals surface area contributed by atoms with Crippen molar-refractivity contribution in [2.45, 2.75) is 6.42 Å². The monoisotopic (exact) mass is 385 g/mol. The van der Waals surface area contributed by atoms with E-state index in [0.717, 1.165) is 17.5 Å². The third-order valence-electron chi connectivity index (χ3n) is 4.65. The van der Waals surface area contributed by atoms with E-state index in [4.69, 9.17) is 0 Å². The molecule has 2 atom stereocenters. The van der Waals surface area contributed by atoms with Gasteiger partial charge in [-0.2, -0.15) is 0 Å². The van der Waals surface area contributed by atoms with E-state index in [1.54, 1.807) is 24.4 Å². The Morgan fingerprint density at radius 2 is 1.54 bits per heavy atom. The number of fused-ring (bicyclic) bond motifs is 1. The number of anilines is 2. The lowest BCUT2D eigenvalue weighted by molar-refractivity contribution is -0.122. The molecule has 3 aromatic rings. The molecule has 4 rings (SSSR count). The van der Waals surface area contributed by atoms with Crippen LogP contribution in [-0.2, 0) is 9.59 Å². The number of hydrogen-bond donors (Lipinski definition) is 2. The van der Waals surface area contributed by atoms with Crippen LogP contribution in [0.15, 0.2) is 48.7 Å². The molecular formula is C20H14F3N3O2. The molecule has 1 heterocycles. The maximum atomic E-state index is 13.7. The van der Waals surface area contributed by atoms with Crippen LogP contribution in [0.5, 0.6) is 0 Å². The van der Waals surface area contributed by atoms with Gasteiger partial charge in [-0.05, 0) is 30.7 Å². The standard InChI is InChI=1S/C20H14F3N3O2/c21-13-6-7-14(17(23)16(13)22)25-19(27)11-9-12(11)20(28)26-15-5-1-3-10-4-2-8-24-18(10)15/h1-8,11-12H,9H2,(H,25,27)(H,26,28). The lowest BCUT2D eigenvalue weighted by Gasteiger charge is -2.09. The molecule has 2 aromatic carbocycles. The molecule has 0 aliphatic heterocycles. The zero-order valence-electron chi connectivity index (χ0n) is 14.4. The summed E-state index contributed by atoms with van der Waals surface area (Å²) >= 11 is 0. The first-order valence-corrected chi connectivity index (χ1v) is 8.54. The lowest BCUT2D eigenvalue weighted by atomic mass is 10.2. The first-order chi connectivity index (χ1) is 13.5. The van der Waals surface area contributed by atoms with Crippen molar-refractivity contribution in [1.82, 2.24) is 4.98 Å². The van der Waals surface area contributed by atoms with E-state index in [-0.39, 0.29) is 12.3 Å². The fourth-order valence-corrected chi connectivity index (χ4v) is 3.05. The van der Waals surface area contributed by atoms with E-state index in [2.05, 4.69) is 15.6 Å². The average Bonchev–Trinajstić information content (AvgIpc) is 3.50. The number of amides is 2. The highest BCUT2D eigenvalue weighted by Crippen LogP contribution is 2.40. The predicted molar refractivity (Wildman–Crippen MR) is 96.9 cm³/mol. The molecule has 142 valence electrons. The Labute approximate surface area is 157 Å². The van der Waals surface area contributed by atoms with Crippen LogP contribution >= 0.6 is 0 Å². The number of aromatic nitrogens is 1. The Morgan fingerprint density at radius 1 is 0.857 bits per heavy atom. The van der Waals surface area contributed by atoms with E-state index in [1.807, 2.05) is 12.1 Å². The van der Waals surface area contributed by atoms with Gasteiger partial charge in [0.05, 0.1) is 28.7 Å². The summed E-state index contributed by atoms with van der Waals surface area (Å²) < 4.78 is 39.9. The van der Waals surface area contributed by atoms with Crippen molar-refractivity contribution in [2.75, 3.05) is 10.6 Å². The van der Waals surface area contributed by atoms with Gasteiger partial charge in [0.25, 0.3) is 0 Å². The molecule has 2 unspecified atom stereocenters. The number of benzene rings is 2. The topological polar surface area (TPSA) is 71.1 Å². The Kier molecular flexibility index (Phi) is 4.46. The van der Waals surface area contributed by atoms with Gasteiger partial charge in [-0.25, -0.2) is 13.2 Å². The van der Waals surface area contributed by atoms with Crippen LogP contribution < -0.4 is 10.6 Å². The van der Waals surface area contributed by atoms with E-state index in [9.17, 15) is 22.8 Å². The largest absolute Gasteiger partial charge is 0.324 e. The number of para-hydroxylation sites is 1. The Balaban J connectivity index is 1.43. The number of nitrogens with one attached hydrogen (secondary N) is 2. The van der Waals surface area contributed by atoms with Crippen molar-refractivity contribution < 1.29 is 22.8 Å². The maximum absolute atomic E-state index is 13.7. The summed E-state index contributed by atoms with van der Waals surface area (Å²) in [7, 11) is 0. The van der Waals surface area contributed by atoms with E-state index < -0.39 is 40.9 Å². The van der Waals surface area contributed by atoms with Crippen LogP contribution in [-0.4, -0.2) is 16.8 Å².